The number of anilines is 1. The third-order valence-corrected chi connectivity index (χ3v) is 5.71. The second kappa shape index (κ2) is 8.92. The predicted octanol–water partition coefficient (Wildman–Crippen LogP) is 2.07. The Hall–Kier alpha value is -3.90. The average molecular weight is 447 g/mol. The Balaban J connectivity index is 1.82. The quantitative estimate of drug-likeness (QED) is 0.436. The predicted molar refractivity (Wildman–Crippen MR) is 126 cm³/mol. The summed E-state index contributed by atoms with van der Waals surface area (Å²) in [6, 6.07) is 9.03. The summed E-state index contributed by atoms with van der Waals surface area (Å²) in [7, 11) is 1.53. The lowest BCUT2D eigenvalue weighted by Gasteiger charge is -2.39. The molecule has 9 heteroatoms. The molecule has 3 aromatic rings. The third-order valence-electron chi connectivity index (χ3n) is 5.71. The number of allylic oxidation sites excluding steroid dienone is 2. The lowest BCUT2D eigenvalue weighted by atomic mass is 10.1. The molecule has 1 aromatic carbocycles. The van der Waals surface area contributed by atoms with E-state index in [2.05, 4.69) is 11.1 Å². The summed E-state index contributed by atoms with van der Waals surface area (Å²) in [6.07, 6.45) is 3.32. The number of carbonyl (C=O) groups is 1. The minimum absolute atomic E-state index is 0.0246. The first kappa shape index (κ1) is 22.3. The molecule has 1 saturated heterocycles. The topological polar surface area (TPSA) is 119 Å². The van der Waals surface area contributed by atoms with Crippen molar-refractivity contribution in [3.8, 4) is 11.8 Å². The van der Waals surface area contributed by atoms with Crippen LogP contribution in [-0.4, -0.2) is 46.1 Å². The van der Waals surface area contributed by atoms with Gasteiger partial charge in [0, 0.05) is 31.2 Å². The van der Waals surface area contributed by atoms with Crippen molar-refractivity contribution in [2.75, 3.05) is 25.1 Å². The van der Waals surface area contributed by atoms with Gasteiger partial charge in [-0.15, -0.1) is 0 Å². The Bertz CT molecular complexity index is 1350. The summed E-state index contributed by atoms with van der Waals surface area (Å²) < 4.78 is 8.29. The van der Waals surface area contributed by atoms with Crippen molar-refractivity contribution in [2.45, 2.75) is 33.0 Å². The van der Waals surface area contributed by atoms with Crippen molar-refractivity contribution >= 4 is 22.6 Å². The number of hydrogen-bond acceptors (Lipinski definition) is 7. The van der Waals surface area contributed by atoms with E-state index in [0.717, 1.165) is 5.57 Å². The van der Waals surface area contributed by atoms with Gasteiger partial charge in [-0.25, -0.2) is 4.98 Å². The summed E-state index contributed by atoms with van der Waals surface area (Å²) in [5.41, 5.74) is 8.12. The third kappa shape index (κ3) is 4.13. The SMILES string of the molecule is COc1cccc(C(=O)Cn2cnc3c(C#N)c(N4CC(N)C4)n(CC=C(C)C)c3c2=O)c1. The number of benzene rings is 1. The highest BCUT2D eigenvalue weighted by Gasteiger charge is 2.32. The van der Waals surface area contributed by atoms with Crippen molar-refractivity contribution in [3.63, 3.8) is 0 Å². The highest BCUT2D eigenvalue weighted by atomic mass is 16.5. The normalized spacial score (nSPS) is 13.5. The van der Waals surface area contributed by atoms with Crippen LogP contribution in [0, 0.1) is 11.3 Å². The molecule has 2 N–H and O–H groups in total. The maximum atomic E-state index is 13.5. The van der Waals surface area contributed by atoms with E-state index < -0.39 is 0 Å². The van der Waals surface area contributed by atoms with Crippen LogP contribution in [0.1, 0.15) is 29.8 Å². The highest BCUT2D eigenvalue weighted by molar-refractivity contribution is 5.96. The first-order chi connectivity index (χ1) is 15.8. The fraction of sp³-hybridized carbons (Fsp3) is 0.333. The molecule has 1 aliphatic heterocycles. The molecule has 0 spiro atoms. The summed E-state index contributed by atoms with van der Waals surface area (Å²) in [5.74, 6) is 0.968. The number of rotatable bonds is 7. The second-order valence-electron chi connectivity index (χ2n) is 8.40. The van der Waals surface area contributed by atoms with Crippen molar-refractivity contribution < 1.29 is 9.53 Å². The summed E-state index contributed by atoms with van der Waals surface area (Å²) in [5, 5.41) is 9.89. The van der Waals surface area contributed by atoms with E-state index in [0.29, 0.717) is 53.4 Å². The molecule has 0 bridgehead atoms. The molecule has 0 amide bonds. The first-order valence-corrected chi connectivity index (χ1v) is 10.7. The van der Waals surface area contributed by atoms with Crippen LogP contribution in [0.5, 0.6) is 5.75 Å². The van der Waals surface area contributed by atoms with Crippen LogP contribution in [0.4, 0.5) is 5.82 Å². The van der Waals surface area contributed by atoms with E-state index in [-0.39, 0.29) is 23.9 Å². The van der Waals surface area contributed by atoms with E-state index >= 15 is 0 Å². The Kier molecular flexibility index (Phi) is 6.03. The van der Waals surface area contributed by atoms with Gasteiger partial charge in [0.1, 0.15) is 34.2 Å². The van der Waals surface area contributed by atoms with Gasteiger partial charge >= 0.3 is 0 Å². The lowest BCUT2D eigenvalue weighted by molar-refractivity contribution is 0.0970. The van der Waals surface area contributed by atoms with Gasteiger partial charge in [-0.2, -0.15) is 5.26 Å². The van der Waals surface area contributed by atoms with Crippen LogP contribution in [-0.2, 0) is 13.1 Å². The number of ether oxygens (including phenoxy) is 1. The smallest absolute Gasteiger partial charge is 0.278 e. The number of nitriles is 1. The molecule has 0 atom stereocenters. The second-order valence-corrected chi connectivity index (χ2v) is 8.40. The Morgan fingerprint density at radius 3 is 2.76 bits per heavy atom. The molecule has 9 nitrogen and oxygen atoms in total. The maximum Gasteiger partial charge on any atom is 0.278 e. The molecule has 3 heterocycles. The highest BCUT2D eigenvalue weighted by Crippen LogP contribution is 2.32. The number of nitrogens with two attached hydrogens (primary N) is 1. The van der Waals surface area contributed by atoms with Gasteiger partial charge in [0.15, 0.2) is 5.78 Å². The monoisotopic (exact) mass is 446 g/mol. The van der Waals surface area contributed by atoms with Crippen LogP contribution >= 0.6 is 0 Å². The van der Waals surface area contributed by atoms with Crippen molar-refractivity contribution in [3.05, 3.63) is 63.7 Å². The number of fused-ring (bicyclic) bond motifs is 1. The van der Waals surface area contributed by atoms with Crippen molar-refractivity contribution in [1.82, 2.24) is 14.1 Å². The number of nitrogens with zero attached hydrogens (tertiary/aromatic N) is 5. The van der Waals surface area contributed by atoms with Gasteiger partial charge in [0.25, 0.3) is 5.56 Å². The van der Waals surface area contributed by atoms with E-state index in [1.165, 1.54) is 18.0 Å². The molecule has 0 radical (unpaired) electrons. The molecule has 2 aromatic heterocycles. The van der Waals surface area contributed by atoms with Crippen LogP contribution in [0.25, 0.3) is 11.0 Å². The van der Waals surface area contributed by atoms with Crippen molar-refractivity contribution in [1.29, 1.82) is 5.26 Å². The van der Waals surface area contributed by atoms with E-state index in [1.807, 2.05) is 29.4 Å². The Morgan fingerprint density at radius 2 is 2.12 bits per heavy atom. The Labute approximate surface area is 191 Å². The molecule has 33 heavy (non-hydrogen) atoms. The number of carbonyl (C=O) groups excluding carboxylic acids is 1. The summed E-state index contributed by atoms with van der Waals surface area (Å²) in [4.78, 5) is 32.8. The number of hydrogen-bond donors (Lipinski definition) is 1. The number of aromatic nitrogens is 3. The van der Waals surface area contributed by atoms with Gasteiger partial charge in [-0.05, 0) is 26.0 Å². The molecule has 4 rings (SSSR count). The molecular formula is C24H26N6O3. The van der Waals surface area contributed by atoms with E-state index in [1.54, 1.807) is 24.3 Å². The molecule has 0 unspecified atom stereocenters. The standard InChI is InChI=1S/C24H26N6O3/c1-15(2)7-8-30-22-21(19(10-25)23(30)28-11-17(26)12-28)27-14-29(24(22)32)13-20(31)16-5-4-6-18(9-16)33-3/h4-7,9,14,17H,8,11-13,26H2,1-3H3. The van der Waals surface area contributed by atoms with Crippen LogP contribution < -0.4 is 20.9 Å². The molecule has 1 aliphatic rings. The first-order valence-electron chi connectivity index (χ1n) is 10.7. The number of Topliss-reactive ketones (excluding diaryl/α,β-unsaturated/α-hetero) is 1. The zero-order valence-electron chi connectivity index (χ0n) is 18.9. The molecule has 0 aliphatic carbocycles. The molecular weight excluding hydrogens is 420 g/mol. The Morgan fingerprint density at radius 1 is 1.36 bits per heavy atom. The largest absolute Gasteiger partial charge is 0.497 e. The fourth-order valence-electron chi connectivity index (χ4n) is 3.98. The number of ketones is 1. The molecule has 0 saturated carbocycles. The van der Waals surface area contributed by atoms with E-state index in [9.17, 15) is 14.9 Å². The average Bonchev–Trinajstić information content (AvgIpc) is 3.10. The lowest BCUT2D eigenvalue weighted by Crippen LogP contribution is -2.56. The molecule has 1 fully saturated rings. The van der Waals surface area contributed by atoms with Crippen LogP contribution in [0.2, 0.25) is 0 Å². The van der Waals surface area contributed by atoms with Crippen LogP contribution in [0.3, 0.4) is 0 Å². The maximum absolute atomic E-state index is 13.5. The van der Waals surface area contributed by atoms with Gasteiger partial charge in [-0.3, -0.25) is 14.2 Å². The zero-order chi connectivity index (χ0) is 23.7. The van der Waals surface area contributed by atoms with Gasteiger partial charge in [0.05, 0.1) is 20.0 Å². The van der Waals surface area contributed by atoms with Gasteiger partial charge in [-0.1, -0.05) is 23.8 Å². The minimum atomic E-state index is -0.369. The minimum Gasteiger partial charge on any atom is -0.497 e. The van der Waals surface area contributed by atoms with Gasteiger partial charge < -0.3 is 19.9 Å². The fourth-order valence-corrected chi connectivity index (χ4v) is 3.98. The molecule has 170 valence electrons. The zero-order valence-corrected chi connectivity index (χ0v) is 18.9. The van der Waals surface area contributed by atoms with E-state index in [4.69, 9.17) is 10.5 Å². The number of methoxy groups -OCH3 is 1. The van der Waals surface area contributed by atoms with Gasteiger partial charge in [0.2, 0.25) is 0 Å². The summed E-state index contributed by atoms with van der Waals surface area (Å²) >= 11 is 0. The summed E-state index contributed by atoms with van der Waals surface area (Å²) in [6.45, 7) is 5.38. The van der Waals surface area contributed by atoms with Crippen LogP contribution in [0.15, 0.2) is 47.0 Å². The van der Waals surface area contributed by atoms with Crippen molar-refractivity contribution in [2.24, 2.45) is 5.73 Å².